The maximum Gasteiger partial charge on any atom is 0.272 e. The molecule has 0 radical (unpaired) electrons. The number of nitrogen functional groups attached to an aromatic ring is 1. The van der Waals surface area contributed by atoms with Crippen LogP contribution in [0.15, 0.2) is 18.2 Å². The van der Waals surface area contributed by atoms with E-state index in [1.54, 1.807) is 12.1 Å². The van der Waals surface area contributed by atoms with Gasteiger partial charge in [-0.15, -0.1) is 11.3 Å². The van der Waals surface area contributed by atoms with Gasteiger partial charge >= 0.3 is 0 Å². The fourth-order valence-corrected chi connectivity index (χ4v) is 2.41. The number of halogens is 2. The van der Waals surface area contributed by atoms with Crippen molar-refractivity contribution in [2.45, 2.75) is 13.3 Å². The Kier molecular flexibility index (Phi) is 2.15. The largest absolute Gasteiger partial charge is 0.398 e. The number of fused-ring (bicyclic) bond motifs is 1. The van der Waals surface area contributed by atoms with Gasteiger partial charge in [0, 0.05) is 10.4 Å². The van der Waals surface area contributed by atoms with Crippen LogP contribution in [0.4, 0.5) is 14.5 Å². The van der Waals surface area contributed by atoms with Crippen LogP contribution in [-0.4, -0.2) is 0 Å². The third-order valence-corrected chi connectivity index (χ3v) is 3.49. The second-order valence-electron chi connectivity index (χ2n) is 3.15. The summed E-state index contributed by atoms with van der Waals surface area (Å²) in [6.45, 7) is 1.85. The van der Waals surface area contributed by atoms with Crippen molar-refractivity contribution >= 4 is 27.1 Å². The van der Waals surface area contributed by atoms with Crippen LogP contribution < -0.4 is 5.73 Å². The van der Waals surface area contributed by atoms with E-state index >= 15 is 0 Å². The summed E-state index contributed by atoms with van der Waals surface area (Å²) in [7, 11) is 0. The highest BCUT2D eigenvalue weighted by Gasteiger charge is 2.12. The van der Waals surface area contributed by atoms with Gasteiger partial charge in [0.1, 0.15) is 0 Å². The summed E-state index contributed by atoms with van der Waals surface area (Å²) in [6.07, 6.45) is -2.40. The van der Waals surface area contributed by atoms with Crippen molar-refractivity contribution in [2.75, 3.05) is 5.73 Å². The number of nitrogens with two attached hydrogens (primary N) is 1. The summed E-state index contributed by atoms with van der Waals surface area (Å²) < 4.78 is 25.7. The SMILES string of the molecule is Cc1c(N)ccc2cc(C(F)F)sc12. The molecule has 0 atom stereocenters. The molecule has 2 N–H and O–H groups in total. The second-order valence-corrected chi connectivity index (χ2v) is 4.23. The number of hydrogen-bond acceptors (Lipinski definition) is 2. The molecule has 1 nitrogen and oxygen atoms in total. The first-order valence-corrected chi connectivity index (χ1v) is 4.98. The molecule has 0 aliphatic heterocycles. The van der Waals surface area contributed by atoms with Gasteiger partial charge in [0.05, 0.1) is 4.88 Å². The molecule has 0 fully saturated rings. The zero-order chi connectivity index (χ0) is 10.3. The van der Waals surface area contributed by atoms with E-state index in [2.05, 4.69) is 0 Å². The molecule has 2 rings (SSSR count). The molecule has 0 aliphatic rings. The fraction of sp³-hybridized carbons (Fsp3) is 0.200. The molecular weight excluding hydrogens is 204 g/mol. The first kappa shape index (κ1) is 9.40. The summed E-state index contributed by atoms with van der Waals surface area (Å²) in [5.41, 5.74) is 7.23. The Hall–Kier alpha value is -1.16. The van der Waals surface area contributed by atoms with Crippen molar-refractivity contribution in [3.63, 3.8) is 0 Å². The predicted molar refractivity (Wildman–Crippen MR) is 55.9 cm³/mol. The van der Waals surface area contributed by atoms with Crippen molar-refractivity contribution < 1.29 is 8.78 Å². The van der Waals surface area contributed by atoms with Crippen LogP contribution >= 0.6 is 11.3 Å². The highest BCUT2D eigenvalue weighted by Crippen LogP contribution is 2.35. The molecule has 1 aromatic heterocycles. The van der Waals surface area contributed by atoms with Crippen LogP contribution in [0.5, 0.6) is 0 Å². The molecule has 14 heavy (non-hydrogen) atoms. The van der Waals surface area contributed by atoms with E-state index in [0.29, 0.717) is 5.69 Å². The third kappa shape index (κ3) is 1.35. The maximum atomic E-state index is 12.4. The smallest absolute Gasteiger partial charge is 0.272 e. The number of alkyl halides is 2. The minimum absolute atomic E-state index is 0.105. The molecule has 0 saturated carbocycles. The quantitative estimate of drug-likeness (QED) is 0.717. The lowest BCUT2D eigenvalue weighted by Crippen LogP contribution is -1.87. The number of hydrogen-bond donors (Lipinski definition) is 1. The van der Waals surface area contributed by atoms with Crippen molar-refractivity contribution in [3.8, 4) is 0 Å². The molecule has 0 spiro atoms. The Morgan fingerprint density at radius 2 is 2.07 bits per heavy atom. The van der Waals surface area contributed by atoms with Crippen molar-refractivity contribution in [1.29, 1.82) is 0 Å². The van der Waals surface area contributed by atoms with Gasteiger partial charge in [-0.25, -0.2) is 8.78 Å². The zero-order valence-corrected chi connectivity index (χ0v) is 8.37. The van der Waals surface area contributed by atoms with Gasteiger partial charge in [-0.2, -0.15) is 0 Å². The van der Waals surface area contributed by atoms with Crippen LogP contribution in [0, 0.1) is 6.92 Å². The molecule has 0 amide bonds. The van der Waals surface area contributed by atoms with E-state index < -0.39 is 6.43 Å². The number of aryl methyl sites for hydroxylation is 1. The van der Waals surface area contributed by atoms with Crippen LogP contribution in [0.25, 0.3) is 10.1 Å². The standard InChI is InChI=1S/C10H9F2NS/c1-5-7(13)3-2-6-4-8(10(11)12)14-9(5)6/h2-4,10H,13H2,1H3. The molecule has 0 bridgehead atoms. The van der Waals surface area contributed by atoms with Gasteiger partial charge in [0.2, 0.25) is 0 Å². The van der Waals surface area contributed by atoms with Crippen LogP contribution in [0.2, 0.25) is 0 Å². The highest BCUT2D eigenvalue weighted by molar-refractivity contribution is 7.19. The average molecular weight is 213 g/mol. The van der Waals surface area contributed by atoms with Gasteiger partial charge in [0.15, 0.2) is 0 Å². The number of rotatable bonds is 1. The van der Waals surface area contributed by atoms with E-state index in [1.807, 2.05) is 6.92 Å². The first-order valence-electron chi connectivity index (χ1n) is 4.16. The summed E-state index contributed by atoms with van der Waals surface area (Å²) in [6, 6.07) is 5.05. The molecule has 0 unspecified atom stereocenters. The normalized spacial score (nSPS) is 11.4. The Balaban J connectivity index is 2.71. The molecule has 0 aliphatic carbocycles. The van der Waals surface area contributed by atoms with Crippen molar-refractivity contribution in [3.05, 3.63) is 28.6 Å². The monoisotopic (exact) mass is 213 g/mol. The third-order valence-electron chi connectivity index (χ3n) is 2.21. The Morgan fingerprint density at radius 1 is 1.36 bits per heavy atom. The second kappa shape index (κ2) is 3.20. The summed E-state index contributed by atoms with van der Waals surface area (Å²) in [5, 5.41) is 0.844. The zero-order valence-electron chi connectivity index (χ0n) is 7.55. The van der Waals surface area contributed by atoms with Crippen molar-refractivity contribution in [1.82, 2.24) is 0 Å². The van der Waals surface area contributed by atoms with E-state index in [1.165, 1.54) is 6.07 Å². The number of thiophene rings is 1. The molecule has 2 aromatic rings. The lowest BCUT2D eigenvalue weighted by molar-refractivity contribution is 0.156. The Labute approximate surface area is 84.2 Å². The molecule has 0 saturated heterocycles. The van der Waals surface area contributed by atoms with Crippen LogP contribution in [0.1, 0.15) is 16.9 Å². The minimum atomic E-state index is -2.40. The van der Waals surface area contributed by atoms with Gasteiger partial charge in [-0.1, -0.05) is 6.07 Å². The molecule has 1 heterocycles. The maximum absolute atomic E-state index is 12.4. The van der Waals surface area contributed by atoms with E-state index in [4.69, 9.17) is 5.73 Å². The summed E-state index contributed by atoms with van der Waals surface area (Å²) >= 11 is 1.12. The molecule has 1 aromatic carbocycles. The van der Waals surface area contributed by atoms with Gasteiger partial charge < -0.3 is 5.73 Å². The number of benzene rings is 1. The van der Waals surface area contributed by atoms with Crippen LogP contribution in [0.3, 0.4) is 0 Å². The Bertz CT molecular complexity index is 476. The molecule has 74 valence electrons. The minimum Gasteiger partial charge on any atom is -0.398 e. The predicted octanol–water partition coefficient (Wildman–Crippen LogP) is 3.73. The van der Waals surface area contributed by atoms with Crippen molar-refractivity contribution in [2.24, 2.45) is 0 Å². The lowest BCUT2D eigenvalue weighted by Gasteiger charge is -1.99. The summed E-state index contributed by atoms with van der Waals surface area (Å²) in [4.78, 5) is 0.105. The Morgan fingerprint density at radius 3 is 2.71 bits per heavy atom. The first-order chi connectivity index (χ1) is 6.59. The summed E-state index contributed by atoms with van der Waals surface area (Å²) in [5.74, 6) is 0. The number of anilines is 1. The lowest BCUT2D eigenvalue weighted by atomic mass is 10.1. The van der Waals surface area contributed by atoms with Gasteiger partial charge in [0.25, 0.3) is 6.43 Å². The average Bonchev–Trinajstić information content (AvgIpc) is 2.56. The van der Waals surface area contributed by atoms with E-state index in [-0.39, 0.29) is 4.88 Å². The van der Waals surface area contributed by atoms with Gasteiger partial charge in [-0.3, -0.25) is 0 Å². The van der Waals surface area contributed by atoms with Gasteiger partial charge in [-0.05, 0) is 30.0 Å². The molecular formula is C10H9F2NS. The highest BCUT2D eigenvalue weighted by atomic mass is 32.1. The fourth-order valence-electron chi connectivity index (χ4n) is 1.39. The molecule has 4 heteroatoms. The van der Waals surface area contributed by atoms with E-state index in [9.17, 15) is 8.78 Å². The van der Waals surface area contributed by atoms with E-state index in [0.717, 1.165) is 27.0 Å². The topological polar surface area (TPSA) is 26.0 Å². The van der Waals surface area contributed by atoms with Crippen LogP contribution in [-0.2, 0) is 0 Å².